The van der Waals surface area contributed by atoms with Gasteiger partial charge in [-0.05, 0) is 41.6 Å². The fourth-order valence-electron chi connectivity index (χ4n) is 4.65. The number of aryl methyl sites for hydroxylation is 1. The number of sulfonamides is 1. The second-order valence-corrected chi connectivity index (χ2v) is 13.3. The van der Waals surface area contributed by atoms with Crippen LogP contribution in [0.2, 0.25) is 0 Å². The molecule has 0 radical (unpaired) electrons. The van der Waals surface area contributed by atoms with Crippen molar-refractivity contribution in [1.82, 2.24) is 9.29 Å². The fourth-order valence-corrected chi connectivity index (χ4v) is 6.98. The summed E-state index contributed by atoms with van der Waals surface area (Å²) in [4.78, 5) is 6.89. The van der Waals surface area contributed by atoms with Crippen molar-refractivity contribution in [3.8, 4) is 11.3 Å². The van der Waals surface area contributed by atoms with Crippen LogP contribution in [0.3, 0.4) is 0 Å². The predicted molar refractivity (Wildman–Crippen MR) is 135 cm³/mol. The van der Waals surface area contributed by atoms with E-state index >= 15 is 0 Å². The van der Waals surface area contributed by atoms with Crippen LogP contribution in [0.4, 0.5) is 26.0 Å². The van der Waals surface area contributed by atoms with Crippen LogP contribution in [-0.4, -0.2) is 78.8 Å². The quantitative estimate of drug-likeness (QED) is 0.606. The van der Waals surface area contributed by atoms with Crippen molar-refractivity contribution >= 4 is 38.2 Å². The molecule has 2 N–H and O–H groups in total. The van der Waals surface area contributed by atoms with Gasteiger partial charge in [0, 0.05) is 57.7 Å². The van der Waals surface area contributed by atoms with E-state index in [0.29, 0.717) is 43.2 Å². The number of aromatic nitrogens is 1. The van der Waals surface area contributed by atoms with Gasteiger partial charge < -0.3 is 4.90 Å². The summed E-state index contributed by atoms with van der Waals surface area (Å²) in [6.45, 7) is 3.63. The molecule has 192 valence electrons. The maximum Gasteiger partial charge on any atom is 0.253 e. The van der Waals surface area contributed by atoms with Gasteiger partial charge >= 0.3 is 0 Å². The number of hydrogen-bond donors (Lipinski definition) is 2. The molecule has 2 aromatic rings. The molecule has 35 heavy (non-hydrogen) atoms. The van der Waals surface area contributed by atoms with Crippen LogP contribution >= 0.6 is 11.0 Å². The number of fused-ring (bicyclic) bond motifs is 1. The van der Waals surface area contributed by atoms with E-state index in [1.54, 1.807) is 19.2 Å². The zero-order chi connectivity index (χ0) is 25.3. The summed E-state index contributed by atoms with van der Waals surface area (Å²) in [5, 5.41) is 0. The molecule has 1 atom stereocenters. The maximum atomic E-state index is 13.5. The molecule has 0 spiro atoms. The third kappa shape index (κ3) is 4.33. The van der Waals surface area contributed by atoms with Gasteiger partial charge in [0.25, 0.3) is 5.92 Å². The molecule has 9 nitrogen and oxygen atoms in total. The average Bonchev–Trinajstić information content (AvgIpc) is 3.36. The van der Waals surface area contributed by atoms with Crippen molar-refractivity contribution in [3.05, 3.63) is 35.9 Å². The first kappa shape index (κ1) is 24.5. The van der Waals surface area contributed by atoms with Crippen molar-refractivity contribution < 1.29 is 26.3 Å². The van der Waals surface area contributed by atoms with E-state index in [4.69, 9.17) is 4.98 Å². The smallest absolute Gasteiger partial charge is 0.253 e. The van der Waals surface area contributed by atoms with Crippen LogP contribution in [0.15, 0.2) is 30.3 Å². The lowest BCUT2D eigenvalue weighted by atomic mass is 10.0. The highest BCUT2D eigenvalue weighted by Gasteiger charge is 2.59. The Bertz CT molecular complexity index is 1270. The highest BCUT2D eigenvalue weighted by Crippen LogP contribution is 2.63. The van der Waals surface area contributed by atoms with E-state index in [-0.39, 0.29) is 13.0 Å². The molecule has 0 amide bonds. The molecule has 2 aliphatic heterocycles. The minimum atomic E-state index is -3.43. The van der Waals surface area contributed by atoms with Gasteiger partial charge in [-0.1, -0.05) is 12.1 Å². The summed E-state index contributed by atoms with van der Waals surface area (Å²) in [5.74, 6) is -2.92. The Kier molecular flexibility index (Phi) is 5.72. The number of hydrogen-bond acceptors (Lipinski definition) is 8. The van der Waals surface area contributed by atoms with Crippen LogP contribution < -0.4 is 13.5 Å². The van der Waals surface area contributed by atoms with E-state index in [0.717, 1.165) is 16.9 Å². The molecular formula is C22H29F2N5O4S2. The number of alkyl halides is 2. The van der Waals surface area contributed by atoms with E-state index in [2.05, 4.69) is 0 Å². The van der Waals surface area contributed by atoms with E-state index in [1.807, 2.05) is 30.0 Å². The Hall–Kier alpha value is -2.19. The number of anilines is 3. The molecular weight excluding hydrogens is 500 g/mol. The number of benzene rings is 1. The lowest BCUT2D eigenvalue weighted by Gasteiger charge is -2.42. The Labute approximate surface area is 205 Å². The summed E-state index contributed by atoms with van der Waals surface area (Å²) in [5.41, 5.74) is 3.45. The van der Waals surface area contributed by atoms with Crippen molar-refractivity contribution in [2.24, 2.45) is 5.92 Å². The van der Waals surface area contributed by atoms with Crippen LogP contribution in [0, 0.1) is 12.8 Å². The third-order valence-electron chi connectivity index (χ3n) is 6.98. The highest BCUT2D eigenvalue weighted by atomic mass is 32.3. The summed E-state index contributed by atoms with van der Waals surface area (Å²) in [7, 11) is -5.12. The SMILES string of the molecule is Cc1ccc(N2CCN(S(C)(=O)=O)CC2)nc1-c1ccc2c(c1)N(C)S(O)(O)N2CC1CC1(F)F. The molecule has 0 bridgehead atoms. The van der Waals surface area contributed by atoms with E-state index < -0.39 is 32.8 Å². The average molecular weight is 530 g/mol. The normalized spacial score (nSPS) is 24.4. The lowest BCUT2D eigenvalue weighted by Crippen LogP contribution is -2.48. The highest BCUT2D eigenvalue weighted by molar-refractivity contribution is 8.26. The minimum Gasteiger partial charge on any atom is -0.354 e. The van der Waals surface area contributed by atoms with Gasteiger partial charge in [0.2, 0.25) is 10.0 Å². The molecule has 5 rings (SSSR count). The maximum absolute atomic E-state index is 13.5. The summed E-state index contributed by atoms with van der Waals surface area (Å²) >= 11 is 0. The summed E-state index contributed by atoms with van der Waals surface area (Å²) in [6, 6.07) is 9.19. The van der Waals surface area contributed by atoms with Gasteiger partial charge in [-0.25, -0.2) is 22.2 Å². The molecule has 1 unspecified atom stereocenters. The van der Waals surface area contributed by atoms with Crippen LogP contribution in [0.1, 0.15) is 12.0 Å². The Balaban J connectivity index is 1.42. The van der Waals surface area contributed by atoms with Gasteiger partial charge in [-0.3, -0.25) is 17.7 Å². The molecule has 13 heteroatoms. The van der Waals surface area contributed by atoms with Crippen LogP contribution in [-0.2, 0) is 10.0 Å². The van der Waals surface area contributed by atoms with Crippen molar-refractivity contribution in [3.63, 3.8) is 0 Å². The monoisotopic (exact) mass is 529 g/mol. The first-order valence-corrected chi connectivity index (χ1v) is 14.6. The van der Waals surface area contributed by atoms with E-state index in [1.165, 1.54) is 19.2 Å². The van der Waals surface area contributed by atoms with Crippen molar-refractivity contribution in [1.29, 1.82) is 0 Å². The second-order valence-electron chi connectivity index (χ2n) is 9.40. The Morgan fingerprint density at radius 3 is 2.37 bits per heavy atom. The largest absolute Gasteiger partial charge is 0.354 e. The van der Waals surface area contributed by atoms with Crippen molar-refractivity contribution in [2.75, 3.05) is 59.5 Å². The van der Waals surface area contributed by atoms with Crippen LogP contribution in [0.5, 0.6) is 0 Å². The number of pyridine rings is 1. The topological polar surface area (TPSA) is 100 Å². The lowest BCUT2D eigenvalue weighted by molar-refractivity contribution is 0.101. The standard InChI is InChI=1S/C22H29F2N5O4S2/c1-15-4-7-20(27-8-10-28(11-9-27)34(3,30)31)25-21(15)16-5-6-18-19(12-16)26(2)35(32,33)29(18)14-17-13-22(17,23)24/h4-7,12,17,32-33H,8-11,13-14H2,1-3H3. The van der Waals surface area contributed by atoms with Crippen LogP contribution in [0.25, 0.3) is 11.3 Å². The number of nitrogens with zero attached hydrogens (tertiary/aromatic N) is 5. The predicted octanol–water partition coefficient (Wildman–Crippen LogP) is 3.63. The minimum absolute atomic E-state index is 0.127. The molecule has 1 aromatic heterocycles. The summed E-state index contributed by atoms with van der Waals surface area (Å²) in [6.07, 6.45) is 0.965. The van der Waals surface area contributed by atoms with Gasteiger partial charge in [0.05, 0.1) is 23.3 Å². The van der Waals surface area contributed by atoms with Gasteiger partial charge in [-0.15, -0.1) is 0 Å². The zero-order valence-electron chi connectivity index (χ0n) is 19.7. The fraction of sp³-hybridized carbons (Fsp3) is 0.500. The van der Waals surface area contributed by atoms with Gasteiger partial charge in [0.1, 0.15) is 5.82 Å². The third-order valence-corrected chi connectivity index (χ3v) is 10.1. The molecule has 1 saturated heterocycles. The number of piperazine rings is 1. The second kappa shape index (κ2) is 8.17. The Morgan fingerprint density at radius 2 is 1.77 bits per heavy atom. The first-order chi connectivity index (χ1) is 16.3. The van der Waals surface area contributed by atoms with Gasteiger partial charge in [0.15, 0.2) is 0 Å². The molecule has 1 aromatic carbocycles. The molecule has 1 saturated carbocycles. The summed E-state index contributed by atoms with van der Waals surface area (Å²) < 4.78 is 76.3. The van der Waals surface area contributed by atoms with Gasteiger partial charge in [-0.2, -0.15) is 4.31 Å². The number of rotatable bonds is 5. The molecule has 3 aliphatic rings. The zero-order valence-corrected chi connectivity index (χ0v) is 21.4. The van der Waals surface area contributed by atoms with Crippen molar-refractivity contribution in [2.45, 2.75) is 19.3 Å². The molecule has 1 aliphatic carbocycles. The number of halogens is 2. The molecule has 3 heterocycles. The molecule has 2 fully saturated rings. The van der Waals surface area contributed by atoms with E-state index in [9.17, 15) is 26.3 Å². The Morgan fingerprint density at radius 1 is 1.11 bits per heavy atom. The first-order valence-electron chi connectivity index (χ1n) is 11.3.